The quantitative estimate of drug-likeness (QED) is 0.769. The summed E-state index contributed by atoms with van der Waals surface area (Å²) in [6.45, 7) is 0. The molecule has 0 aromatic heterocycles. The zero-order chi connectivity index (χ0) is 10.3. The fourth-order valence-electron chi connectivity index (χ4n) is 1.36. The second-order valence-corrected chi connectivity index (χ2v) is 3.74. The molecular formula is C10H5BrO3. The molecule has 0 amide bonds. The van der Waals surface area contributed by atoms with Crippen LogP contribution in [0.3, 0.4) is 0 Å². The first-order chi connectivity index (χ1) is 6.61. The molecule has 0 saturated heterocycles. The van der Waals surface area contributed by atoms with Crippen LogP contribution in [-0.4, -0.2) is 16.7 Å². The first-order valence-electron chi connectivity index (χ1n) is 3.89. The van der Waals surface area contributed by atoms with E-state index in [0.717, 1.165) is 0 Å². The summed E-state index contributed by atoms with van der Waals surface area (Å²) in [7, 11) is 0. The third-order valence-corrected chi connectivity index (χ3v) is 2.60. The van der Waals surface area contributed by atoms with Crippen LogP contribution in [0.4, 0.5) is 0 Å². The van der Waals surface area contributed by atoms with Gasteiger partial charge in [0.25, 0.3) is 0 Å². The molecule has 70 valence electrons. The highest BCUT2D eigenvalue weighted by atomic mass is 79.9. The van der Waals surface area contributed by atoms with E-state index >= 15 is 0 Å². The molecule has 0 spiro atoms. The van der Waals surface area contributed by atoms with Gasteiger partial charge in [-0.3, -0.25) is 9.59 Å². The number of carbonyl (C=O) groups is 2. The number of aromatic hydroxyl groups is 1. The number of allylic oxidation sites excluding steroid dienone is 2. The Balaban J connectivity index is 2.76. The first kappa shape index (κ1) is 9.15. The topological polar surface area (TPSA) is 54.4 Å². The lowest BCUT2D eigenvalue weighted by molar-refractivity contribution is 0.0989. The average molecular weight is 253 g/mol. The molecule has 3 nitrogen and oxygen atoms in total. The van der Waals surface area contributed by atoms with Gasteiger partial charge < -0.3 is 5.11 Å². The Kier molecular flexibility index (Phi) is 2.00. The van der Waals surface area contributed by atoms with E-state index in [1.807, 2.05) is 0 Å². The Morgan fingerprint density at radius 2 is 1.93 bits per heavy atom. The van der Waals surface area contributed by atoms with Crippen LogP contribution in [-0.2, 0) is 0 Å². The number of phenolic OH excluding ortho intramolecular Hbond substituents is 1. The van der Waals surface area contributed by atoms with Crippen molar-refractivity contribution >= 4 is 27.5 Å². The Hall–Kier alpha value is -1.42. The van der Waals surface area contributed by atoms with Crippen LogP contribution in [0.2, 0.25) is 0 Å². The van der Waals surface area contributed by atoms with Crippen molar-refractivity contribution in [1.29, 1.82) is 0 Å². The number of ketones is 2. The maximum Gasteiger partial charge on any atom is 0.204 e. The molecule has 1 aliphatic rings. The number of hydrogen-bond acceptors (Lipinski definition) is 3. The fraction of sp³-hybridized carbons (Fsp3) is 0. The minimum atomic E-state index is -0.363. The summed E-state index contributed by atoms with van der Waals surface area (Å²) in [5.41, 5.74) is 0.324. The molecule has 0 unspecified atom stereocenters. The van der Waals surface area contributed by atoms with E-state index in [9.17, 15) is 14.7 Å². The summed E-state index contributed by atoms with van der Waals surface area (Å²) in [4.78, 5) is 23.0. The summed E-state index contributed by atoms with van der Waals surface area (Å²) in [5.74, 6) is -0.800. The highest BCUT2D eigenvalue weighted by Crippen LogP contribution is 2.30. The molecule has 0 heterocycles. The molecule has 0 bridgehead atoms. The van der Waals surface area contributed by atoms with E-state index in [1.165, 1.54) is 24.3 Å². The Morgan fingerprint density at radius 3 is 2.64 bits per heavy atom. The lowest BCUT2D eigenvalue weighted by atomic mass is 9.94. The van der Waals surface area contributed by atoms with Crippen molar-refractivity contribution < 1.29 is 14.7 Å². The van der Waals surface area contributed by atoms with E-state index in [2.05, 4.69) is 15.9 Å². The predicted molar refractivity (Wildman–Crippen MR) is 53.8 cm³/mol. The van der Waals surface area contributed by atoms with Crippen molar-refractivity contribution in [2.75, 3.05) is 0 Å². The number of fused-ring (bicyclic) bond motifs is 1. The third-order valence-electron chi connectivity index (χ3n) is 2.01. The molecule has 1 N–H and O–H groups in total. The van der Waals surface area contributed by atoms with Crippen molar-refractivity contribution in [3.8, 4) is 5.75 Å². The number of carbonyl (C=O) groups excluding carboxylic acids is 2. The van der Waals surface area contributed by atoms with E-state index in [0.29, 0.717) is 0 Å². The van der Waals surface area contributed by atoms with Gasteiger partial charge in [0, 0.05) is 11.6 Å². The van der Waals surface area contributed by atoms with Crippen LogP contribution in [0.1, 0.15) is 20.7 Å². The SMILES string of the molecule is O=C1C=C(Br)C(=O)c2c(O)cccc21. The van der Waals surface area contributed by atoms with Gasteiger partial charge in [-0.2, -0.15) is 0 Å². The largest absolute Gasteiger partial charge is 0.507 e. The van der Waals surface area contributed by atoms with Gasteiger partial charge in [-0.25, -0.2) is 0 Å². The van der Waals surface area contributed by atoms with Gasteiger partial charge in [-0.05, 0) is 22.0 Å². The highest BCUT2D eigenvalue weighted by molar-refractivity contribution is 9.12. The van der Waals surface area contributed by atoms with E-state index in [1.54, 1.807) is 0 Å². The van der Waals surface area contributed by atoms with Crippen LogP contribution < -0.4 is 0 Å². The molecule has 0 atom stereocenters. The second kappa shape index (κ2) is 3.06. The van der Waals surface area contributed by atoms with Gasteiger partial charge in [0.1, 0.15) is 5.75 Å². The zero-order valence-electron chi connectivity index (χ0n) is 6.95. The molecule has 14 heavy (non-hydrogen) atoms. The van der Waals surface area contributed by atoms with Gasteiger partial charge in [-0.15, -0.1) is 0 Å². The molecule has 0 saturated carbocycles. The molecule has 1 aromatic rings. The van der Waals surface area contributed by atoms with Gasteiger partial charge >= 0.3 is 0 Å². The number of rotatable bonds is 0. The molecule has 0 aliphatic heterocycles. The molecule has 1 aliphatic carbocycles. The number of halogens is 1. The number of benzene rings is 1. The normalized spacial score (nSPS) is 15.1. The van der Waals surface area contributed by atoms with Crippen LogP contribution >= 0.6 is 15.9 Å². The predicted octanol–water partition coefficient (Wildman–Crippen LogP) is 2.05. The van der Waals surface area contributed by atoms with Gasteiger partial charge in [0.2, 0.25) is 5.78 Å². The summed E-state index contributed by atoms with van der Waals surface area (Å²) >= 11 is 2.98. The summed E-state index contributed by atoms with van der Waals surface area (Å²) < 4.78 is 0.177. The maximum absolute atomic E-state index is 11.6. The smallest absolute Gasteiger partial charge is 0.204 e. The molecule has 0 fully saturated rings. The Bertz CT molecular complexity index is 474. The van der Waals surface area contributed by atoms with Crippen molar-refractivity contribution in [3.63, 3.8) is 0 Å². The summed E-state index contributed by atoms with van der Waals surface area (Å²) in [5, 5.41) is 9.44. The van der Waals surface area contributed by atoms with E-state index in [-0.39, 0.29) is 32.9 Å². The fourth-order valence-corrected chi connectivity index (χ4v) is 1.77. The van der Waals surface area contributed by atoms with Crippen LogP contribution in [0.5, 0.6) is 5.75 Å². The third kappa shape index (κ3) is 1.19. The standard InChI is InChI=1S/C10H5BrO3/c11-6-4-8(13)5-2-1-3-7(12)9(5)10(6)14/h1-4,12H. The van der Waals surface area contributed by atoms with Crippen molar-refractivity contribution in [1.82, 2.24) is 0 Å². The van der Waals surface area contributed by atoms with Crippen molar-refractivity contribution in [2.45, 2.75) is 0 Å². The highest BCUT2D eigenvalue weighted by Gasteiger charge is 2.26. The van der Waals surface area contributed by atoms with Crippen LogP contribution in [0.15, 0.2) is 28.8 Å². The Labute approximate surface area is 88.2 Å². The van der Waals surface area contributed by atoms with Gasteiger partial charge in [0.05, 0.1) is 10.0 Å². The molecule has 0 radical (unpaired) electrons. The molecule has 2 rings (SSSR count). The maximum atomic E-state index is 11.6. The van der Waals surface area contributed by atoms with Gasteiger partial charge in [-0.1, -0.05) is 12.1 Å². The summed E-state index contributed by atoms with van der Waals surface area (Å²) in [6.07, 6.45) is 1.21. The van der Waals surface area contributed by atoms with E-state index in [4.69, 9.17) is 0 Å². The van der Waals surface area contributed by atoms with Crippen LogP contribution in [0.25, 0.3) is 0 Å². The molecule has 4 heteroatoms. The van der Waals surface area contributed by atoms with Crippen LogP contribution in [0, 0.1) is 0 Å². The number of phenols is 1. The number of hydrogen-bond donors (Lipinski definition) is 1. The first-order valence-corrected chi connectivity index (χ1v) is 4.69. The number of Topliss-reactive ketones (excluding diaryl/α,β-unsaturated/α-hetero) is 1. The molecule has 1 aromatic carbocycles. The Morgan fingerprint density at radius 1 is 1.21 bits per heavy atom. The van der Waals surface area contributed by atoms with Crippen molar-refractivity contribution in [2.24, 2.45) is 0 Å². The lowest BCUT2D eigenvalue weighted by Crippen LogP contribution is -2.14. The lowest BCUT2D eigenvalue weighted by Gasteiger charge is -2.12. The van der Waals surface area contributed by atoms with Gasteiger partial charge in [0.15, 0.2) is 5.78 Å². The monoisotopic (exact) mass is 252 g/mol. The average Bonchev–Trinajstić information content (AvgIpc) is 2.14. The minimum Gasteiger partial charge on any atom is -0.507 e. The van der Waals surface area contributed by atoms with Crippen molar-refractivity contribution in [3.05, 3.63) is 39.9 Å². The zero-order valence-corrected chi connectivity index (χ0v) is 8.54. The second-order valence-electron chi connectivity index (χ2n) is 2.89. The minimum absolute atomic E-state index is 0.0758. The molecular weight excluding hydrogens is 248 g/mol. The summed E-state index contributed by atoms with van der Waals surface area (Å²) in [6, 6.07) is 4.44. The van der Waals surface area contributed by atoms with E-state index < -0.39 is 0 Å².